The molecule has 4 aromatic rings. The van der Waals surface area contributed by atoms with Crippen molar-refractivity contribution in [2.45, 2.75) is 19.8 Å². The summed E-state index contributed by atoms with van der Waals surface area (Å²) in [5, 5.41) is 7.51. The van der Waals surface area contributed by atoms with Crippen LogP contribution in [0, 0.1) is 0 Å². The molecule has 0 spiro atoms. The number of rotatable bonds is 5. The summed E-state index contributed by atoms with van der Waals surface area (Å²) in [5.41, 5.74) is 7.73. The molecule has 0 radical (unpaired) electrons. The molecule has 0 atom stereocenters. The van der Waals surface area contributed by atoms with E-state index in [0.29, 0.717) is 5.92 Å². The van der Waals surface area contributed by atoms with Crippen LogP contribution in [0.2, 0.25) is 0 Å². The monoisotopic (exact) mass is 372 g/mol. The van der Waals surface area contributed by atoms with Gasteiger partial charge in [0, 0.05) is 10.9 Å². The second-order valence-corrected chi connectivity index (χ2v) is 7.47. The van der Waals surface area contributed by atoms with Crippen LogP contribution in [-0.2, 0) is 0 Å². The SMILES string of the molecule is CC(C)c1ccc(C=NNc2ncnc3scc(-c4ccccc4)c23)cc1. The number of aromatic nitrogens is 2. The molecule has 0 aliphatic carbocycles. The van der Waals surface area contributed by atoms with Gasteiger partial charge < -0.3 is 0 Å². The van der Waals surface area contributed by atoms with Crippen molar-refractivity contribution in [2.75, 3.05) is 5.43 Å². The van der Waals surface area contributed by atoms with Crippen LogP contribution >= 0.6 is 11.3 Å². The van der Waals surface area contributed by atoms with Gasteiger partial charge in [0.05, 0.1) is 11.6 Å². The van der Waals surface area contributed by atoms with Crippen LogP contribution in [0.15, 0.2) is 71.4 Å². The van der Waals surface area contributed by atoms with Crippen molar-refractivity contribution in [1.82, 2.24) is 9.97 Å². The highest BCUT2D eigenvalue weighted by Gasteiger charge is 2.12. The Labute approximate surface area is 162 Å². The molecular formula is C22H20N4S. The van der Waals surface area contributed by atoms with E-state index < -0.39 is 0 Å². The molecule has 4 nitrogen and oxygen atoms in total. The van der Waals surface area contributed by atoms with Crippen molar-refractivity contribution in [2.24, 2.45) is 5.10 Å². The molecule has 27 heavy (non-hydrogen) atoms. The summed E-state index contributed by atoms with van der Waals surface area (Å²) in [6.45, 7) is 4.38. The van der Waals surface area contributed by atoms with Crippen molar-refractivity contribution in [3.8, 4) is 11.1 Å². The van der Waals surface area contributed by atoms with Gasteiger partial charge in [-0.1, -0.05) is 68.4 Å². The van der Waals surface area contributed by atoms with Crippen molar-refractivity contribution in [3.63, 3.8) is 0 Å². The quantitative estimate of drug-likeness (QED) is 0.349. The summed E-state index contributed by atoms with van der Waals surface area (Å²) in [6, 6.07) is 18.7. The second kappa shape index (κ2) is 7.68. The number of fused-ring (bicyclic) bond motifs is 1. The first-order valence-electron chi connectivity index (χ1n) is 8.89. The maximum Gasteiger partial charge on any atom is 0.159 e. The predicted molar refractivity (Wildman–Crippen MR) is 115 cm³/mol. The number of thiophene rings is 1. The molecule has 0 saturated heterocycles. The first-order valence-corrected chi connectivity index (χ1v) is 9.77. The van der Waals surface area contributed by atoms with Crippen LogP contribution in [0.3, 0.4) is 0 Å². The van der Waals surface area contributed by atoms with Gasteiger partial charge in [0.2, 0.25) is 0 Å². The van der Waals surface area contributed by atoms with E-state index in [1.165, 1.54) is 5.56 Å². The van der Waals surface area contributed by atoms with E-state index in [2.05, 4.69) is 76.1 Å². The minimum atomic E-state index is 0.526. The first-order chi connectivity index (χ1) is 13.2. The molecular weight excluding hydrogens is 352 g/mol. The molecule has 134 valence electrons. The van der Waals surface area contributed by atoms with E-state index in [1.807, 2.05) is 24.4 Å². The fourth-order valence-corrected chi connectivity index (χ4v) is 3.84. The van der Waals surface area contributed by atoms with Crippen molar-refractivity contribution in [1.29, 1.82) is 0 Å². The zero-order valence-corrected chi connectivity index (χ0v) is 16.1. The van der Waals surface area contributed by atoms with Crippen LogP contribution in [0.5, 0.6) is 0 Å². The molecule has 0 amide bonds. The summed E-state index contributed by atoms with van der Waals surface area (Å²) < 4.78 is 0. The number of hydrazone groups is 1. The van der Waals surface area contributed by atoms with Gasteiger partial charge in [-0.3, -0.25) is 5.43 Å². The summed E-state index contributed by atoms with van der Waals surface area (Å²) >= 11 is 1.61. The van der Waals surface area contributed by atoms with Gasteiger partial charge in [-0.2, -0.15) is 5.10 Å². The summed E-state index contributed by atoms with van der Waals surface area (Å²) in [5.74, 6) is 1.24. The molecule has 4 rings (SSSR count). The van der Waals surface area contributed by atoms with E-state index in [0.717, 1.165) is 32.7 Å². The smallest absolute Gasteiger partial charge is 0.159 e. The third kappa shape index (κ3) is 3.73. The average Bonchev–Trinajstić information content (AvgIpc) is 3.14. The zero-order valence-electron chi connectivity index (χ0n) is 15.3. The van der Waals surface area contributed by atoms with Gasteiger partial charge in [-0.25, -0.2) is 9.97 Å². The molecule has 0 aliphatic heterocycles. The number of anilines is 1. The van der Waals surface area contributed by atoms with Crippen LogP contribution in [0.4, 0.5) is 5.82 Å². The Morgan fingerprint density at radius 1 is 1.00 bits per heavy atom. The van der Waals surface area contributed by atoms with E-state index in [-0.39, 0.29) is 0 Å². The van der Waals surface area contributed by atoms with Gasteiger partial charge in [0.25, 0.3) is 0 Å². The molecule has 0 saturated carbocycles. The highest BCUT2D eigenvalue weighted by Crippen LogP contribution is 2.36. The lowest BCUT2D eigenvalue weighted by atomic mass is 10.0. The lowest BCUT2D eigenvalue weighted by Gasteiger charge is -2.05. The Kier molecular flexibility index (Phi) is 4.94. The minimum absolute atomic E-state index is 0.526. The standard InChI is InChI=1S/C22H20N4S/c1-15(2)17-10-8-16(9-11-17)12-25-26-21-20-19(18-6-4-3-5-7-18)13-27-22(20)24-14-23-21/h3-15H,1-2H3,(H,23,24,26). The Hall–Kier alpha value is -3.05. The number of nitrogens with one attached hydrogen (secondary N) is 1. The maximum absolute atomic E-state index is 4.40. The fraction of sp³-hybridized carbons (Fsp3) is 0.136. The molecule has 0 unspecified atom stereocenters. The third-order valence-electron chi connectivity index (χ3n) is 4.44. The Morgan fingerprint density at radius 3 is 2.52 bits per heavy atom. The minimum Gasteiger partial charge on any atom is -0.261 e. The molecule has 2 heterocycles. The van der Waals surface area contributed by atoms with Crippen molar-refractivity contribution < 1.29 is 0 Å². The van der Waals surface area contributed by atoms with Crippen molar-refractivity contribution in [3.05, 3.63) is 77.4 Å². The van der Waals surface area contributed by atoms with Crippen molar-refractivity contribution >= 4 is 33.6 Å². The van der Waals surface area contributed by atoms with E-state index in [4.69, 9.17) is 0 Å². The van der Waals surface area contributed by atoms with Gasteiger partial charge in [0.15, 0.2) is 5.82 Å². The topological polar surface area (TPSA) is 50.2 Å². The fourth-order valence-electron chi connectivity index (χ4n) is 2.93. The average molecular weight is 372 g/mol. The summed E-state index contributed by atoms with van der Waals surface area (Å²) in [7, 11) is 0. The predicted octanol–water partition coefficient (Wildman–Crippen LogP) is 5.93. The third-order valence-corrected chi connectivity index (χ3v) is 5.33. The lowest BCUT2D eigenvalue weighted by molar-refractivity contribution is 0.866. The van der Waals surface area contributed by atoms with Crippen LogP contribution in [-0.4, -0.2) is 16.2 Å². The highest BCUT2D eigenvalue weighted by atomic mass is 32.1. The molecule has 2 aromatic carbocycles. The number of benzene rings is 2. The Balaban J connectivity index is 1.61. The van der Waals surface area contributed by atoms with Crippen LogP contribution in [0.1, 0.15) is 30.9 Å². The maximum atomic E-state index is 4.40. The molecule has 5 heteroatoms. The molecule has 2 aromatic heterocycles. The van der Waals surface area contributed by atoms with Gasteiger partial charge in [0.1, 0.15) is 11.2 Å². The zero-order chi connectivity index (χ0) is 18.6. The first kappa shape index (κ1) is 17.4. The number of nitrogens with zero attached hydrogens (tertiary/aromatic N) is 3. The van der Waals surface area contributed by atoms with Gasteiger partial charge in [-0.05, 0) is 22.6 Å². The van der Waals surface area contributed by atoms with Crippen LogP contribution < -0.4 is 5.43 Å². The number of hydrogen-bond donors (Lipinski definition) is 1. The molecule has 0 bridgehead atoms. The van der Waals surface area contributed by atoms with E-state index >= 15 is 0 Å². The molecule has 1 N–H and O–H groups in total. The van der Waals surface area contributed by atoms with Crippen LogP contribution in [0.25, 0.3) is 21.3 Å². The molecule has 0 fully saturated rings. The summed E-state index contributed by atoms with van der Waals surface area (Å²) in [6.07, 6.45) is 3.38. The molecule has 0 aliphatic rings. The number of hydrogen-bond acceptors (Lipinski definition) is 5. The van der Waals surface area contributed by atoms with E-state index in [1.54, 1.807) is 17.7 Å². The largest absolute Gasteiger partial charge is 0.261 e. The summed E-state index contributed by atoms with van der Waals surface area (Å²) in [4.78, 5) is 9.75. The Morgan fingerprint density at radius 2 is 1.78 bits per heavy atom. The lowest BCUT2D eigenvalue weighted by Crippen LogP contribution is -1.96. The Bertz CT molecular complexity index is 1070. The normalized spacial score (nSPS) is 11.5. The second-order valence-electron chi connectivity index (χ2n) is 6.61. The van der Waals surface area contributed by atoms with E-state index in [9.17, 15) is 0 Å². The van der Waals surface area contributed by atoms with Gasteiger partial charge in [-0.15, -0.1) is 11.3 Å². The highest BCUT2D eigenvalue weighted by molar-refractivity contribution is 7.17. The van der Waals surface area contributed by atoms with Gasteiger partial charge >= 0.3 is 0 Å².